The first-order valence-corrected chi connectivity index (χ1v) is 11.6. The fourth-order valence-corrected chi connectivity index (χ4v) is 3.48. The lowest BCUT2D eigenvalue weighted by Gasteiger charge is -2.08. The van der Waals surface area contributed by atoms with E-state index in [9.17, 15) is 4.79 Å². The molecule has 0 spiro atoms. The Bertz CT molecular complexity index is 896. The van der Waals surface area contributed by atoms with Crippen molar-refractivity contribution < 1.29 is 9.53 Å². The van der Waals surface area contributed by atoms with E-state index in [1.54, 1.807) is 0 Å². The summed E-state index contributed by atoms with van der Waals surface area (Å²) in [6.07, 6.45) is 5.66. The van der Waals surface area contributed by atoms with E-state index in [1.807, 2.05) is 54.6 Å². The van der Waals surface area contributed by atoms with Gasteiger partial charge in [0.2, 0.25) is 0 Å². The number of hydrogen-bond acceptors (Lipinski definition) is 3. The lowest BCUT2D eigenvalue weighted by Crippen LogP contribution is -2.14. The van der Waals surface area contributed by atoms with Crippen LogP contribution in [0.5, 0.6) is 0 Å². The van der Waals surface area contributed by atoms with Gasteiger partial charge in [0, 0.05) is 24.4 Å². The third-order valence-corrected chi connectivity index (χ3v) is 5.35. The van der Waals surface area contributed by atoms with E-state index >= 15 is 0 Å². The van der Waals surface area contributed by atoms with Crippen molar-refractivity contribution in [3.63, 3.8) is 0 Å². The van der Waals surface area contributed by atoms with Crippen LogP contribution < -0.4 is 10.6 Å². The number of carbonyl (C=O) groups is 1. The summed E-state index contributed by atoms with van der Waals surface area (Å²) in [5.74, 6) is -0.0892. The van der Waals surface area contributed by atoms with Crippen LogP contribution in [-0.2, 0) is 17.7 Å². The highest BCUT2D eigenvalue weighted by Gasteiger charge is 2.05. The van der Waals surface area contributed by atoms with Gasteiger partial charge in [0.15, 0.2) is 0 Å². The van der Waals surface area contributed by atoms with Gasteiger partial charge in [-0.05, 0) is 61.2 Å². The first-order valence-electron chi connectivity index (χ1n) is 11.6. The Kier molecular flexibility index (Phi) is 10.5. The second kappa shape index (κ2) is 14.2. The molecule has 0 atom stereocenters. The monoisotopic (exact) mass is 430 g/mol. The maximum atomic E-state index is 12.2. The first-order chi connectivity index (χ1) is 15.8. The quantitative estimate of drug-likeness (QED) is 0.316. The molecule has 0 aromatic heterocycles. The summed E-state index contributed by atoms with van der Waals surface area (Å²) in [7, 11) is 0. The van der Waals surface area contributed by atoms with E-state index in [4.69, 9.17) is 4.74 Å². The fourth-order valence-electron chi connectivity index (χ4n) is 3.48. The number of nitrogens with one attached hydrogen (secondary N) is 2. The smallest absolute Gasteiger partial charge is 0.255 e. The molecule has 2 N–H and O–H groups in total. The summed E-state index contributed by atoms with van der Waals surface area (Å²) in [5.41, 5.74) is 4.02. The third-order valence-electron chi connectivity index (χ3n) is 5.35. The van der Waals surface area contributed by atoms with Gasteiger partial charge >= 0.3 is 0 Å². The van der Waals surface area contributed by atoms with E-state index in [-0.39, 0.29) is 5.91 Å². The van der Waals surface area contributed by atoms with Crippen LogP contribution in [0, 0.1) is 0 Å². The minimum Gasteiger partial charge on any atom is -0.381 e. The second-order valence-electron chi connectivity index (χ2n) is 7.96. The molecule has 0 radical (unpaired) electrons. The Morgan fingerprint density at radius 2 is 1.38 bits per heavy atom. The zero-order valence-electron chi connectivity index (χ0n) is 18.8. The average Bonchev–Trinajstić information content (AvgIpc) is 2.84. The molecule has 168 valence electrons. The van der Waals surface area contributed by atoms with Crippen molar-refractivity contribution >= 4 is 11.6 Å². The summed E-state index contributed by atoms with van der Waals surface area (Å²) >= 11 is 0. The highest BCUT2D eigenvalue weighted by Crippen LogP contribution is 2.12. The number of carbonyl (C=O) groups excluding carboxylic acids is 1. The molecule has 0 fully saturated rings. The van der Waals surface area contributed by atoms with Gasteiger partial charge in [0.05, 0.1) is 6.61 Å². The van der Waals surface area contributed by atoms with Crippen LogP contribution in [0.3, 0.4) is 0 Å². The van der Waals surface area contributed by atoms with Crippen molar-refractivity contribution in [3.8, 4) is 0 Å². The van der Waals surface area contributed by atoms with Crippen LogP contribution in [-0.4, -0.2) is 25.7 Å². The van der Waals surface area contributed by atoms with Gasteiger partial charge in [-0.3, -0.25) is 4.79 Å². The number of benzene rings is 3. The van der Waals surface area contributed by atoms with Crippen LogP contribution in [0.4, 0.5) is 5.69 Å². The standard InChI is InChI=1S/C28H34N2O2/c31-28(26-13-7-4-8-14-26)30-27-17-15-24(16-18-27)19-22-32-21-10-2-1-9-20-29-23-25-11-5-3-6-12-25/h3-8,11-18,29H,1-2,9-10,19-23H2,(H,30,31). The molecular formula is C28H34N2O2. The third kappa shape index (κ3) is 9.04. The van der Waals surface area contributed by atoms with Gasteiger partial charge in [0.25, 0.3) is 5.91 Å². The molecule has 1 amide bonds. The van der Waals surface area contributed by atoms with Crippen LogP contribution >= 0.6 is 0 Å². The Balaban J connectivity index is 1.18. The van der Waals surface area contributed by atoms with Gasteiger partial charge in [-0.25, -0.2) is 0 Å². The molecule has 0 saturated carbocycles. The van der Waals surface area contributed by atoms with Crippen molar-refractivity contribution in [2.45, 2.75) is 38.6 Å². The van der Waals surface area contributed by atoms with Gasteiger partial charge in [0.1, 0.15) is 0 Å². The van der Waals surface area contributed by atoms with E-state index in [0.29, 0.717) is 5.56 Å². The molecule has 3 rings (SSSR count). The molecule has 32 heavy (non-hydrogen) atoms. The Morgan fingerprint density at radius 1 is 0.688 bits per heavy atom. The molecule has 3 aromatic carbocycles. The van der Waals surface area contributed by atoms with Crippen LogP contribution in [0.25, 0.3) is 0 Å². The molecule has 0 heterocycles. The van der Waals surface area contributed by atoms with E-state index in [2.05, 4.69) is 41.0 Å². The largest absolute Gasteiger partial charge is 0.381 e. The maximum Gasteiger partial charge on any atom is 0.255 e. The molecule has 0 aliphatic rings. The molecule has 3 aromatic rings. The predicted octanol–water partition coefficient (Wildman–Crippen LogP) is 5.85. The normalized spacial score (nSPS) is 10.8. The molecule has 4 nitrogen and oxygen atoms in total. The second-order valence-corrected chi connectivity index (χ2v) is 7.96. The molecule has 4 heteroatoms. The van der Waals surface area contributed by atoms with Crippen LogP contribution in [0.2, 0.25) is 0 Å². The number of ether oxygens (including phenoxy) is 1. The van der Waals surface area contributed by atoms with Gasteiger partial charge in [-0.15, -0.1) is 0 Å². The predicted molar refractivity (Wildman–Crippen MR) is 132 cm³/mol. The molecule has 0 unspecified atom stereocenters. The summed E-state index contributed by atoms with van der Waals surface area (Å²) < 4.78 is 5.79. The highest BCUT2D eigenvalue weighted by molar-refractivity contribution is 6.04. The topological polar surface area (TPSA) is 50.4 Å². The van der Waals surface area contributed by atoms with Crippen LogP contribution in [0.1, 0.15) is 47.2 Å². The van der Waals surface area contributed by atoms with Crippen molar-refractivity contribution in [2.75, 3.05) is 25.1 Å². The highest BCUT2D eigenvalue weighted by atomic mass is 16.5. The first kappa shape index (κ1) is 23.7. The zero-order valence-corrected chi connectivity index (χ0v) is 18.8. The molecule has 0 aliphatic heterocycles. The van der Waals surface area contributed by atoms with Gasteiger partial charge in [-0.2, -0.15) is 0 Å². The number of unbranched alkanes of at least 4 members (excludes halogenated alkanes) is 3. The summed E-state index contributed by atoms with van der Waals surface area (Å²) in [6, 6.07) is 27.8. The van der Waals surface area contributed by atoms with E-state index < -0.39 is 0 Å². The van der Waals surface area contributed by atoms with Crippen molar-refractivity contribution in [1.29, 1.82) is 0 Å². The van der Waals surface area contributed by atoms with Gasteiger partial charge in [-0.1, -0.05) is 73.5 Å². The number of anilines is 1. The van der Waals surface area contributed by atoms with Crippen molar-refractivity contribution in [1.82, 2.24) is 5.32 Å². The van der Waals surface area contributed by atoms with E-state index in [1.165, 1.54) is 30.4 Å². The molecule has 0 bridgehead atoms. The Hall–Kier alpha value is -2.95. The molecular weight excluding hydrogens is 396 g/mol. The molecule has 0 saturated heterocycles. The minimum absolute atomic E-state index is 0.0892. The lowest BCUT2D eigenvalue weighted by molar-refractivity contribution is 0.102. The van der Waals surface area contributed by atoms with Gasteiger partial charge < -0.3 is 15.4 Å². The summed E-state index contributed by atoms with van der Waals surface area (Å²) in [6.45, 7) is 3.57. The van der Waals surface area contributed by atoms with E-state index in [0.717, 1.165) is 44.8 Å². The number of rotatable bonds is 14. The Morgan fingerprint density at radius 3 is 2.12 bits per heavy atom. The van der Waals surface area contributed by atoms with Crippen LogP contribution in [0.15, 0.2) is 84.9 Å². The van der Waals surface area contributed by atoms with Crippen molar-refractivity contribution in [2.24, 2.45) is 0 Å². The summed E-state index contributed by atoms with van der Waals surface area (Å²) in [4.78, 5) is 12.2. The Labute approximate surface area is 192 Å². The minimum atomic E-state index is -0.0892. The lowest BCUT2D eigenvalue weighted by atomic mass is 10.1. The molecule has 0 aliphatic carbocycles. The zero-order chi connectivity index (χ0) is 22.3. The average molecular weight is 431 g/mol. The SMILES string of the molecule is O=C(Nc1ccc(CCOCCCCCCNCc2ccccc2)cc1)c1ccccc1. The van der Waals surface area contributed by atoms with Crippen molar-refractivity contribution in [3.05, 3.63) is 102 Å². The fraction of sp³-hybridized carbons (Fsp3) is 0.321. The maximum absolute atomic E-state index is 12.2. The number of hydrogen-bond donors (Lipinski definition) is 2. The summed E-state index contributed by atoms with van der Waals surface area (Å²) in [5, 5.41) is 6.43. The number of amides is 1.